The first kappa shape index (κ1) is 25.1. The molecule has 0 spiro atoms. The van der Waals surface area contributed by atoms with Crippen molar-refractivity contribution in [2.45, 2.75) is 26.4 Å². The molecule has 0 aromatic rings. The van der Waals surface area contributed by atoms with Crippen LogP contribution in [0.1, 0.15) is 20.3 Å². The van der Waals surface area contributed by atoms with Crippen LogP contribution < -0.4 is 10.6 Å². The van der Waals surface area contributed by atoms with Gasteiger partial charge in [0.05, 0.1) is 7.11 Å². The van der Waals surface area contributed by atoms with E-state index < -0.39 is 47.1 Å². The highest BCUT2D eigenvalue weighted by molar-refractivity contribution is 8.15. The Hall–Kier alpha value is -2.89. The van der Waals surface area contributed by atoms with E-state index in [9.17, 15) is 28.8 Å². The number of hydrogen-bond acceptors (Lipinski definition) is 10. The molecular weight excluding hydrogens is 420 g/mol. The fraction of sp³-hybridized carbons (Fsp3) is 0.556. The number of carbonyl (C=O) groups excluding carboxylic acids is 6. The third-order valence-electron chi connectivity index (χ3n) is 3.79. The standard InChI is InChI=1S/C18H24N2O9S/c1-18(2)10-28-16(25)17(26)30-9-8-19-11(21)6-7-20-15(24)14(18)29-13(23)5-4-12(22)27-3/h4-5,14H,6-10H2,1-3H3,(H,19,21)(H,20,24)/b5-4+/t14-/m0/s1. The Labute approximate surface area is 177 Å². The van der Waals surface area contributed by atoms with Crippen LogP contribution in [0.2, 0.25) is 0 Å². The van der Waals surface area contributed by atoms with Crippen LogP contribution >= 0.6 is 11.8 Å². The molecule has 1 aliphatic heterocycles. The molecule has 0 aliphatic carbocycles. The molecule has 0 aromatic heterocycles. The average molecular weight is 444 g/mol. The first-order valence-electron chi connectivity index (χ1n) is 8.91. The zero-order chi connectivity index (χ0) is 22.7. The van der Waals surface area contributed by atoms with Crippen molar-refractivity contribution in [3.8, 4) is 0 Å². The molecule has 0 radical (unpaired) electrons. The maximum Gasteiger partial charge on any atom is 0.385 e. The number of carbonyl (C=O) groups is 6. The predicted octanol–water partition coefficient (Wildman–Crippen LogP) is -0.907. The van der Waals surface area contributed by atoms with Crippen LogP contribution in [0.25, 0.3) is 0 Å². The SMILES string of the molecule is COC(=O)/C=C/C(=O)O[C@H]1C(=O)NCCC(=O)NCCSC(=O)C(=O)OCC1(C)C. The lowest BCUT2D eigenvalue weighted by Gasteiger charge is -2.31. The molecule has 1 heterocycles. The molecular formula is C18H24N2O9S. The smallest absolute Gasteiger partial charge is 0.385 e. The highest BCUT2D eigenvalue weighted by atomic mass is 32.2. The zero-order valence-corrected chi connectivity index (χ0v) is 17.7. The molecule has 0 bridgehead atoms. The monoisotopic (exact) mass is 444 g/mol. The minimum Gasteiger partial charge on any atom is -0.466 e. The maximum absolute atomic E-state index is 12.6. The van der Waals surface area contributed by atoms with Gasteiger partial charge in [-0.3, -0.25) is 14.4 Å². The highest BCUT2D eigenvalue weighted by Crippen LogP contribution is 2.25. The number of hydrogen-bond donors (Lipinski definition) is 2. The normalized spacial score (nSPS) is 21.5. The Balaban J connectivity index is 3.02. The maximum atomic E-state index is 12.6. The molecule has 1 fully saturated rings. The van der Waals surface area contributed by atoms with E-state index in [-0.39, 0.29) is 31.2 Å². The summed E-state index contributed by atoms with van der Waals surface area (Å²) in [6.45, 7) is 2.71. The van der Waals surface area contributed by atoms with Gasteiger partial charge in [-0.1, -0.05) is 25.6 Å². The van der Waals surface area contributed by atoms with Crippen molar-refractivity contribution in [1.29, 1.82) is 0 Å². The number of nitrogens with one attached hydrogen (secondary N) is 2. The zero-order valence-electron chi connectivity index (χ0n) is 16.9. The summed E-state index contributed by atoms with van der Waals surface area (Å²) in [5.41, 5.74) is -1.23. The van der Waals surface area contributed by atoms with E-state index in [1.807, 2.05) is 0 Å². The molecule has 1 saturated heterocycles. The van der Waals surface area contributed by atoms with Crippen LogP contribution in [0.4, 0.5) is 0 Å². The van der Waals surface area contributed by atoms with E-state index in [2.05, 4.69) is 15.4 Å². The predicted molar refractivity (Wildman–Crippen MR) is 104 cm³/mol. The van der Waals surface area contributed by atoms with Crippen molar-refractivity contribution >= 4 is 46.6 Å². The molecule has 1 rings (SSSR count). The second kappa shape index (κ2) is 12.0. The van der Waals surface area contributed by atoms with Crippen molar-refractivity contribution < 1.29 is 43.0 Å². The van der Waals surface area contributed by atoms with Gasteiger partial charge in [-0.2, -0.15) is 0 Å². The lowest BCUT2D eigenvalue weighted by molar-refractivity contribution is -0.166. The van der Waals surface area contributed by atoms with Gasteiger partial charge in [-0.05, 0) is 0 Å². The quantitative estimate of drug-likeness (QED) is 0.242. The van der Waals surface area contributed by atoms with Crippen LogP contribution in [0.15, 0.2) is 12.2 Å². The Morgan fingerprint density at radius 3 is 2.43 bits per heavy atom. The largest absolute Gasteiger partial charge is 0.466 e. The summed E-state index contributed by atoms with van der Waals surface area (Å²) >= 11 is 0.693. The second-order valence-electron chi connectivity index (χ2n) is 6.77. The van der Waals surface area contributed by atoms with E-state index in [1.54, 1.807) is 0 Å². The molecule has 2 N–H and O–H groups in total. The number of thioether (sulfide) groups is 1. The van der Waals surface area contributed by atoms with Crippen LogP contribution in [0.5, 0.6) is 0 Å². The van der Waals surface area contributed by atoms with Gasteiger partial charge in [0.2, 0.25) is 5.91 Å². The summed E-state index contributed by atoms with van der Waals surface area (Å²) in [5, 5.41) is 4.17. The number of ether oxygens (including phenoxy) is 3. The number of esters is 3. The van der Waals surface area contributed by atoms with Gasteiger partial charge < -0.3 is 24.8 Å². The van der Waals surface area contributed by atoms with Gasteiger partial charge >= 0.3 is 17.9 Å². The average Bonchev–Trinajstić information content (AvgIpc) is 2.70. The van der Waals surface area contributed by atoms with E-state index in [4.69, 9.17) is 9.47 Å². The minimum absolute atomic E-state index is 0.0291. The molecule has 1 atom stereocenters. The third-order valence-corrected chi connectivity index (χ3v) is 4.63. The topological polar surface area (TPSA) is 154 Å². The lowest BCUT2D eigenvalue weighted by Crippen LogP contribution is -2.49. The van der Waals surface area contributed by atoms with E-state index in [0.29, 0.717) is 11.8 Å². The van der Waals surface area contributed by atoms with Gasteiger partial charge in [-0.25, -0.2) is 14.4 Å². The molecule has 0 aromatic carbocycles. The summed E-state index contributed by atoms with van der Waals surface area (Å²) < 4.78 is 14.5. The van der Waals surface area contributed by atoms with Crippen molar-refractivity contribution in [1.82, 2.24) is 10.6 Å². The number of amides is 2. The first-order valence-corrected chi connectivity index (χ1v) is 9.90. The van der Waals surface area contributed by atoms with Crippen molar-refractivity contribution in [2.24, 2.45) is 5.41 Å². The van der Waals surface area contributed by atoms with Crippen molar-refractivity contribution in [3.63, 3.8) is 0 Å². The molecule has 0 saturated carbocycles. The van der Waals surface area contributed by atoms with E-state index in [1.165, 1.54) is 13.8 Å². The Bertz CT molecular complexity index is 733. The second-order valence-corrected chi connectivity index (χ2v) is 7.83. The fourth-order valence-corrected chi connectivity index (χ4v) is 2.75. The van der Waals surface area contributed by atoms with Gasteiger partial charge in [0.15, 0.2) is 6.10 Å². The van der Waals surface area contributed by atoms with Gasteiger partial charge in [0, 0.05) is 42.8 Å². The summed E-state index contributed by atoms with van der Waals surface area (Å²) in [5.74, 6) is -3.85. The molecule has 11 nitrogen and oxygen atoms in total. The van der Waals surface area contributed by atoms with Crippen molar-refractivity contribution in [2.75, 3.05) is 32.6 Å². The van der Waals surface area contributed by atoms with E-state index >= 15 is 0 Å². The van der Waals surface area contributed by atoms with Crippen LogP contribution in [-0.2, 0) is 43.0 Å². The molecule has 1 aliphatic rings. The molecule has 166 valence electrons. The summed E-state index contributed by atoms with van der Waals surface area (Å²) in [6, 6.07) is 0. The Morgan fingerprint density at radius 1 is 1.10 bits per heavy atom. The fourth-order valence-electron chi connectivity index (χ4n) is 2.19. The van der Waals surface area contributed by atoms with Crippen molar-refractivity contribution in [3.05, 3.63) is 12.2 Å². The van der Waals surface area contributed by atoms with Crippen LogP contribution in [0, 0.1) is 5.41 Å². The minimum atomic E-state index is -1.45. The molecule has 0 unspecified atom stereocenters. The van der Waals surface area contributed by atoms with Crippen LogP contribution in [-0.4, -0.2) is 73.5 Å². The van der Waals surface area contributed by atoms with Gasteiger partial charge in [-0.15, -0.1) is 0 Å². The summed E-state index contributed by atoms with van der Waals surface area (Å²) in [7, 11) is 1.12. The number of methoxy groups -OCH3 is 1. The Morgan fingerprint density at radius 2 is 1.77 bits per heavy atom. The molecule has 2 amide bonds. The molecule has 12 heteroatoms. The van der Waals surface area contributed by atoms with E-state index in [0.717, 1.165) is 19.3 Å². The highest BCUT2D eigenvalue weighted by Gasteiger charge is 2.40. The first-order chi connectivity index (χ1) is 14.1. The Kier molecular flexibility index (Phi) is 10.0. The van der Waals surface area contributed by atoms with Crippen LogP contribution in [0.3, 0.4) is 0 Å². The number of cyclic esters (lactones) is 1. The summed E-state index contributed by atoms with van der Waals surface area (Å²) in [6.07, 6.45) is 0.115. The summed E-state index contributed by atoms with van der Waals surface area (Å²) in [4.78, 5) is 71.2. The van der Waals surface area contributed by atoms with Gasteiger partial charge in [0.1, 0.15) is 6.61 Å². The van der Waals surface area contributed by atoms with Gasteiger partial charge in [0.25, 0.3) is 11.0 Å². The number of rotatable bonds is 3. The third kappa shape index (κ3) is 8.64. The molecule has 30 heavy (non-hydrogen) atoms. The lowest BCUT2D eigenvalue weighted by atomic mass is 9.86.